The number of hydrogen-bond donors (Lipinski definition) is 1. The predicted octanol–water partition coefficient (Wildman–Crippen LogP) is 4.13. The van der Waals surface area contributed by atoms with Crippen molar-refractivity contribution in [2.75, 3.05) is 5.32 Å². The van der Waals surface area contributed by atoms with Gasteiger partial charge in [0, 0.05) is 16.5 Å². The number of thioether (sulfide) groups is 1. The molecule has 0 saturated heterocycles. The number of ether oxygens (including phenoxy) is 1. The fourth-order valence-corrected chi connectivity index (χ4v) is 3.61. The average Bonchev–Trinajstić information content (AvgIpc) is 3.16. The first-order valence-corrected chi connectivity index (χ1v) is 9.28. The van der Waals surface area contributed by atoms with Crippen LogP contribution in [0.1, 0.15) is 23.0 Å². The highest BCUT2D eigenvalue weighted by Gasteiger charge is 2.24. The van der Waals surface area contributed by atoms with E-state index < -0.39 is 5.97 Å². The molecule has 1 aliphatic heterocycles. The first-order chi connectivity index (χ1) is 13.1. The minimum atomic E-state index is -0.486. The van der Waals surface area contributed by atoms with Gasteiger partial charge in [-0.25, -0.2) is 4.79 Å². The third-order valence-corrected chi connectivity index (χ3v) is 5.29. The fourth-order valence-electron chi connectivity index (χ4n) is 2.68. The average molecular weight is 380 g/mol. The number of carbonyl (C=O) groups excluding carboxylic acids is 2. The number of nitrogens with one attached hydrogen (secondary N) is 1. The molecule has 1 atom stereocenters. The molecular weight excluding hydrogens is 364 g/mol. The summed E-state index contributed by atoms with van der Waals surface area (Å²) in [5.74, 6) is 0.0540. The molecule has 7 heteroatoms. The van der Waals surface area contributed by atoms with Crippen LogP contribution < -0.4 is 5.32 Å². The Labute approximate surface area is 159 Å². The molecule has 1 aromatic heterocycles. The summed E-state index contributed by atoms with van der Waals surface area (Å²) in [6.07, 6.45) is 0. The lowest BCUT2D eigenvalue weighted by atomic mass is 10.1. The first kappa shape index (κ1) is 17.4. The molecule has 0 bridgehead atoms. The monoisotopic (exact) mass is 380 g/mol. The maximum atomic E-state index is 12.3. The first-order valence-electron chi connectivity index (χ1n) is 8.40. The summed E-state index contributed by atoms with van der Waals surface area (Å²) in [6, 6.07) is 16.4. The molecule has 3 aromatic rings. The number of rotatable bonds is 4. The zero-order valence-corrected chi connectivity index (χ0v) is 15.3. The normalized spacial score (nSPS) is 15.7. The van der Waals surface area contributed by atoms with Crippen LogP contribution in [0.15, 0.2) is 64.0 Å². The minimum absolute atomic E-state index is 0.00436. The van der Waals surface area contributed by atoms with Crippen LogP contribution in [0.3, 0.4) is 0 Å². The van der Waals surface area contributed by atoms with Gasteiger partial charge in [-0.3, -0.25) is 4.79 Å². The Bertz CT molecular complexity index is 1000. The van der Waals surface area contributed by atoms with Gasteiger partial charge < -0.3 is 14.6 Å². The number of benzene rings is 2. The number of amides is 1. The van der Waals surface area contributed by atoms with Gasteiger partial charge in [0.05, 0.1) is 16.5 Å². The van der Waals surface area contributed by atoms with Gasteiger partial charge >= 0.3 is 5.97 Å². The zero-order valence-electron chi connectivity index (χ0n) is 14.5. The van der Waals surface area contributed by atoms with Crippen LogP contribution in [-0.4, -0.2) is 22.3 Å². The Morgan fingerprint density at radius 3 is 2.85 bits per heavy atom. The maximum absolute atomic E-state index is 12.3. The second-order valence-electron chi connectivity index (χ2n) is 6.08. The highest BCUT2D eigenvalue weighted by molar-refractivity contribution is 8.00. The van der Waals surface area contributed by atoms with E-state index in [1.165, 1.54) is 11.8 Å². The Balaban J connectivity index is 1.42. The summed E-state index contributed by atoms with van der Waals surface area (Å²) in [5, 5.41) is 6.59. The van der Waals surface area contributed by atoms with E-state index >= 15 is 0 Å². The van der Waals surface area contributed by atoms with E-state index in [1.807, 2.05) is 43.3 Å². The minimum Gasteiger partial charge on any atom is -0.455 e. The SMILES string of the molecule is CC1Sc2ccc(C(=O)OCc3cc(-c4ccccc4)on3)cc2NC1=O. The molecule has 0 radical (unpaired) electrons. The van der Waals surface area contributed by atoms with E-state index in [2.05, 4.69) is 10.5 Å². The van der Waals surface area contributed by atoms with E-state index in [4.69, 9.17) is 9.26 Å². The van der Waals surface area contributed by atoms with Crippen molar-refractivity contribution in [1.29, 1.82) is 0 Å². The van der Waals surface area contributed by atoms with Gasteiger partial charge in [-0.1, -0.05) is 35.5 Å². The van der Waals surface area contributed by atoms with Crippen LogP contribution in [0.2, 0.25) is 0 Å². The van der Waals surface area contributed by atoms with Crippen molar-refractivity contribution >= 4 is 29.3 Å². The van der Waals surface area contributed by atoms with Gasteiger partial charge in [-0.2, -0.15) is 0 Å². The molecule has 136 valence electrons. The number of anilines is 1. The summed E-state index contributed by atoms with van der Waals surface area (Å²) < 4.78 is 10.6. The maximum Gasteiger partial charge on any atom is 0.338 e. The number of carbonyl (C=O) groups is 2. The molecule has 0 fully saturated rings. The van der Waals surface area contributed by atoms with Crippen molar-refractivity contribution in [3.05, 3.63) is 65.9 Å². The molecule has 1 aliphatic rings. The lowest BCUT2D eigenvalue weighted by Gasteiger charge is -2.21. The second kappa shape index (κ2) is 7.28. The van der Waals surface area contributed by atoms with Gasteiger partial charge in [0.15, 0.2) is 5.76 Å². The highest BCUT2D eigenvalue weighted by Crippen LogP contribution is 2.36. The standard InChI is InChI=1S/C20H16N2O4S/c1-12-19(23)21-16-9-14(7-8-18(16)27-12)20(24)25-11-15-10-17(26-22-15)13-5-3-2-4-6-13/h2-10,12H,11H2,1H3,(H,21,23). The van der Waals surface area contributed by atoms with Gasteiger partial charge in [0.25, 0.3) is 0 Å². The largest absolute Gasteiger partial charge is 0.455 e. The number of esters is 1. The van der Waals surface area contributed by atoms with E-state index in [-0.39, 0.29) is 17.8 Å². The van der Waals surface area contributed by atoms with Crippen molar-refractivity contribution in [2.45, 2.75) is 23.7 Å². The molecule has 2 aromatic carbocycles. The predicted molar refractivity (Wildman–Crippen MR) is 101 cm³/mol. The number of aromatic nitrogens is 1. The summed E-state index contributed by atoms with van der Waals surface area (Å²) in [5.41, 5.74) is 2.43. The molecule has 6 nitrogen and oxygen atoms in total. The van der Waals surface area contributed by atoms with Crippen molar-refractivity contribution in [3.63, 3.8) is 0 Å². The van der Waals surface area contributed by atoms with E-state index in [0.717, 1.165) is 10.5 Å². The molecule has 1 N–H and O–H groups in total. The molecule has 1 unspecified atom stereocenters. The van der Waals surface area contributed by atoms with E-state index in [1.54, 1.807) is 18.2 Å². The molecular formula is C20H16N2O4S. The fraction of sp³-hybridized carbons (Fsp3) is 0.150. The Hall–Kier alpha value is -3.06. The number of nitrogens with zero attached hydrogens (tertiary/aromatic N) is 1. The number of hydrogen-bond acceptors (Lipinski definition) is 6. The topological polar surface area (TPSA) is 81.4 Å². The van der Waals surface area contributed by atoms with Gasteiger partial charge in [0.1, 0.15) is 12.3 Å². The smallest absolute Gasteiger partial charge is 0.338 e. The van der Waals surface area contributed by atoms with Crippen molar-refractivity contribution in [2.24, 2.45) is 0 Å². The lowest BCUT2D eigenvalue weighted by molar-refractivity contribution is -0.115. The lowest BCUT2D eigenvalue weighted by Crippen LogP contribution is -2.26. The van der Waals surface area contributed by atoms with Crippen LogP contribution >= 0.6 is 11.8 Å². The van der Waals surface area contributed by atoms with Crippen LogP contribution in [-0.2, 0) is 16.1 Å². The Morgan fingerprint density at radius 2 is 2.04 bits per heavy atom. The third-order valence-electron chi connectivity index (χ3n) is 4.11. The highest BCUT2D eigenvalue weighted by atomic mass is 32.2. The Morgan fingerprint density at radius 1 is 1.22 bits per heavy atom. The summed E-state index contributed by atoms with van der Waals surface area (Å²) in [4.78, 5) is 25.1. The summed E-state index contributed by atoms with van der Waals surface area (Å²) in [6.45, 7) is 1.84. The molecule has 2 heterocycles. The van der Waals surface area contributed by atoms with E-state index in [0.29, 0.717) is 22.7 Å². The molecule has 27 heavy (non-hydrogen) atoms. The summed E-state index contributed by atoms with van der Waals surface area (Å²) >= 11 is 1.46. The molecule has 4 rings (SSSR count). The molecule has 1 amide bonds. The van der Waals surface area contributed by atoms with Crippen LogP contribution in [0.5, 0.6) is 0 Å². The summed E-state index contributed by atoms with van der Waals surface area (Å²) in [7, 11) is 0. The van der Waals surface area contributed by atoms with Crippen LogP contribution in [0, 0.1) is 0 Å². The second-order valence-corrected chi connectivity index (χ2v) is 7.47. The van der Waals surface area contributed by atoms with E-state index in [9.17, 15) is 9.59 Å². The Kier molecular flexibility index (Phi) is 4.68. The van der Waals surface area contributed by atoms with Crippen molar-refractivity contribution < 1.29 is 18.8 Å². The molecule has 0 aliphatic carbocycles. The molecule has 0 saturated carbocycles. The van der Waals surface area contributed by atoms with Gasteiger partial charge in [-0.15, -0.1) is 11.8 Å². The van der Waals surface area contributed by atoms with Crippen molar-refractivity contribution in [1.82, 2.24) is 5.16 Å². The molecule has 0 spiro atoms. The van der Waals surface area contributed by atoms with Crippen molar-refractivity contribution in [3.8, 4) is 11.3 Å². The zero-order chi connectivity index (χ0) is 18.8. The third kappa shape index (κ3) is 3.73. The van der Waals surface area contributed by atoms with Crippen LogP contribution in [0.25, 0.3) is 11.3 Å². The van der Waals surface area contributed by atoms with Gasteiger partial charge in [0.2, 0.25) is 5.91 Å². The quantitative estimate of drug-likeness (QED) is 0.686. The van der Waals surface area contributed by atoms with Crippen LogP contribution in [0.4, 0.5) is 5.69 Å². The number of fused-ring (bicyclic) bond motifs is 1. The van der Waals surface area contributed by atoms with Gasteiger partial charge in [-0.05, 0) is 25.1 Å².